The molecule has 1 amide bonds. The summed E-state index contributed by atoms with van der Waals surface area (Å²) >= 11 is 0. The molecule has 0 unspecified atom stereocenters. The van der Waals surface area contributed by atoms with Gasteiger partial charge in [0, 0.05) is 41.9 Å². The van der Waals surface area contributed by atoms with Gasteiger partial charge in [-0.3, -0.25) is 9.59 Å². The minimum atomic E-state index is -3.15. The summed E-state index contributed by atoms with van der Waals surface area (Å²) in [5, 5.41) is 2.81. The summed E-state index contributed by atoms with van der Waals surface area (Å²) in [6.45, 7) is 1.62. The van der Waals surface area contributed by atoms with Crippen LogP contribution in [-0.2, 0) is 33.9 Å². The highest BCUT2D eigenvalue weighted by atomic mass is 32.2. The predicted octanol–water partition coefficient (Wildman–Crippen LogP) is 1.48. The number of nitrogens with zero attached hydrogens (tertiary/aromatic N) is 1. The second-order valence-corrected chi connectivity index (χ2v) is 8.30. The molecule has 0 fully saturated rings. The Balaban J connectivity index is 2.19. The van der Waals surface area contributed by atoms with E-state index in [1.165, 1.54) is 10.6 Å². The molecule has 0 aliphatic carbocycles. The number of nitrogens with one attached hydrogen (secondary N) is 1. The molecule has 1 aliphatic rings. The molecule has 0 saturated carbocycles. The Kier molecular flexibility index (Phi) is 4.04. The number of anilines is 1. The van der Waals surface area contributed by atoms with Crippen molar-refractivity contribution in [1.82, 2.24) is 4.57 Å². The zero-order valence-electron chi connectivity index (χ0n) is 13.5. The van der Waals surface area contributed by atoms with Crippen molar-refractivity contribution in [2.75, 3.05) is 11.1 Å². The van der Waals surface area contributed by atoms with Gasteiger partial charge in [-0.1, -0.05) is 13.0 Å². The molecule has 1 aromatic heterocycles. The van der Waals surface area contributed by atoms with E-state index in [9.17, 15) is 18.0 Å². The smallest absolute Gasteiger partial charge is 0.250 e. The second kappa shape index (κ2) is 5.90. The molecule has 2 aromatic rings. The SMILES string of the molecule is CCS(=O)(=O)Cc1ccc2c(c1)-c1cn(C)c(=O)cc1CC(=O)N2. The van der Waals surface area contributed by atoms with Crippen molar-refractivity contribution in [3.63, 3.8) is 0 Å². The molecule has 0 spiro atoms. The molecule has 6 nitrogen and oxygen atoms in total. The van der Waals surface area contributed by atoms with E-state index < -0.39 is 9.84 Å². The number of pyridine rings is 1. The van der Waals surface area contributed by atoms with Crippen molar-refractivity contribution in [3.05, 3.63) is 51.9 Å². The Hall–Kier alpha value is -2.41. The van der Waals surface area contributed by atoms with Gasteiger partial charge in [0.25, 0.3) is 5.56 Å². The van der Waals surface area contributed by atoms with Crippen molar-refractivity contribution in [3.8, 4) is 11.1 Å². The molecular formula is C17H18N2O4S. The van der Waals surface area contributed by atoms with Crippen LogP contribution in [0.15, 0.2) is 35.3 Å². The largest absolute Gasteiger partial charge is 0.325 e. The van der Waals surface area contributed by atoms with Gasteiger partial charge in [-0.2, -0.15) is 0 Å². The third-order valence-corrected chi connectivity index (χ3v) is 5.79. The Bertz CT molecular complexity index is 990. The van der Waals surface area contributed by atoms with E-state index in [1.54, 1.807) is 38.4 Å². The van der Waals surface area contributed by atoms with Crippen LogP contribution in [-0.4, -0.2) is 24.6 Å². The average Bonchev–Trinajstić information content (AvgIpc) is 2.64. The van der Waals surface area contributed by atoms with Gasteiger partial charge in [-0.25, -0.2) is 8.42 Å². The molecule has 1 aliphatic heterocycles. The van der Waals surface area contributed by atoms with Crippen LogP contribution in [0.2, 0.25) is 0 Å². The lowest BCUT2D eigenvalue weighted by Crippen LogP contribution is -2.18. The summed E-state index contributed by atoms with van der Waals surface area (Å²) in [7, 11) is -1.51. The van der Waals surface area contributed by atoms with E-state index in [1.807, 2.05) is 0 Å². The fourth-order valence-corrected chi connectivity index (χ4v) is 3.69. The molecule has 3 rings (SSSR count). The van der Waals surface area contributed by atoms with Crippen LogP contribution in [0.1, 0.15) is 18.1 Å². The highest BCUT2D eigenvalue weighted by Crippen LogP contribution is 2.34. The molecular weight excluding hydrogens is 328 g/mol. The zero-order chi connectivity index (χ0) is 17.5. The van der Waals surface area contributed by atoms with Gasteiger partial charge in [0.2, 0.25) is 5.91 Å². The molecule has 0 atom stereocenters. The van der Waals surface area contributed by atoms with E-state index in [0.717, 1.165) is 11.1 Å². The molecule has 126 valence electrons. The maximum absolute atomic E-state index is 12.0. The van der Waals surface area contributed by atoms with Crippen LogP contribution in [0, 0.1) is 0 Å². The number of hydrogen-bond donors (Lipinski definition) is 1. The third-order valence-electron chi connectivity index (χ3n) is 4.14. The van der Waals surface area contributed by atoms with Gasteiger partial charge in [0.05, 0.1) is 12.2 Å². The van der Waals surface area contributed by atoms with E-state index in [0.29, 0.717) is 16.8 Å². The normalized spacial score (nSPS) is 13.7. The van der Waals surface area contributed by atoms with Crippen LogP contribution >= 0.6 is 0 Å². The lowest BCUT2D eigenvalue weighted by Gasteiger charge is -2.12. The van der Waals surface area contributed by atoms with Gasteiger partial charge >= 0.3 is 0 Å². The van der Waals surface area contributed by atoms with E-state index >= 15 is 0 Å². The van der Waals surface area contributed by atoms with E-state index in [4.69, 9.17) is 0 Å². The predicted molar refractivity (Wildman–Crippen MR) is 92.6 cm³/mol. The molecule has 7 heteroatoms. The van der Waals surface area contributed by atoms with E-state index in [-0.39, 0.29) is 29.4 Å². The van der Waals surface area contributed by atoms with E-state index in [2.05, 4.69) is 5.32 Å². The van der Waals surface area contributed by atoms with Crippen LogP contribution in [0.5, 0.6) is 0 Å². The number of sulfone groups is 1. The Labute approximate surface area is 140 Å². The first-order valence-corrected chi connectivity index (χ1v) is 9.44. The standard InChI is InChI=1S/C17H18N2O4S/c1-3-24(22,23)10-11-4-5-15-13(6-11)14-9-19(2)17(21)8-12(14)7-16(20)18-15/h4-6,8-9H,3,7,10H2,1-2H3,(H,18,20). The fourth-order valence-electron chi connectivity index (χ4n) is 2.79. The van der Waals surface area contributed by atoms with Gasteiger partial charge in [0.15, 0.2) is 9.84 Å². The maximum Gasteiger partial charge on any atom is 0.250 e. The lowest BCUT2D eigenvalue weighted by molar-refractivity contribution is -0.115. The Morgan fingerprint density at radius 1 is 1.17 bits per heavy atom. The number of aromatic nitrogens is 1. The first-order chi connectivity index (χ1) is 11.3. The number of amides is 1. The molecule has 24 heavy (non-hydrogen) atoms. The third kappa shape index (κ3) is 3.12. The van der Waals surface area contributed by atoms with Crippen molar-refractivity contribution in [1.29, 1.82) is 0 Å². The Morgan fingerprint density at radius 3 is 2.62 bits per heavy atom. The van der Waals surface area contributed by atoms with Crippen molar-refractivity contribution >= 4 is 21.4 Å². The van der Waals surface area contributed by atoms with Gasteiger partial charge in [0.1, 0.15) is 0 Å². The molecule has 2 heterocycles. The summed E-state index contributed by atoms with van der Waals surface area (Å²) in [5.74, 6) is -0.172. The minimum Gasteiger partial charge on any atom is -0.325 e. The summed E-state index contributed by atoms with van der Waals surface area (Å²) in [5.41, 5.74) is 3.23. The van der Waals surface area contributed by atoms with Crippen molar-refractivity contribution in [2.45, 2.75) is 19.1 Å². The quantitative estimate of drug-likeness (QED) is 0.912. The van der Waals surface area contributed by atoms with Gasteiger partial charge in [-0.15, -0.1) is 0 Å². The summed E-state index contributed by atoms with van der Waals surface area (Å²) in [4.78, 5) is 23.9. The fraction of sp³-hybridized carbons (Fsp3) is 0.294. The van der Waals surface area contributed by atoms with Crippen LogP contribution in [0.25, 0.3) is 11.1 Å². The Morgan fingerprint density at radius 2 is 1.92 bits per heavy atom. The van der Waals surface area contributed by atoms with Crippen LogP contribution in [0.3, 0.4) is 0 Å². The number of aryl methyl sites for hydroxylation is 1. The molecule has 0 saturated heterocycles. The van der Waals surface area contributed by atoms with Crippen LogP contribution in [0.4, 0.5) is 5.69 Å². The number of benzene rings is 1. The molecule has 1 N–H and O–H groups in total. The summed E-state index contributed by atoms with van der Waals surface area (Å²) in [6, 6.07) is 6.66. The van der Waals surface area contributed by atoms with Gasteiger partial charge in [-0.05, 0) is 23.3 Å². The van der Waals surface area contributed by atoms with Crippen LogP contribution < -0.4 is 10.9 Å². The second-order valence-electron chi connectivity index (χ2n) is 5.94. The van der Waals surface area contributed by atoms with Gasteiger partial charge < -0.3 is 9.88 Å². The zero-order valence-corrected chi connectivity index (χ0v) is 14.3. The molecule has 1 aromatic carbocycles. The summed E-state index contributed by atoms with van der Waals surface area (Å²) < 4.78 is 25.2. The maximum atomic E-state index is 12.0. The van der Waals surface area contributed by atoms with Crippen molar-refractivity contribution in [2.24, 2.45) is 7.05 Å². The average molecular weight is 346 g/mol. The monoisotopic (exact) mass is 346 g/mol. The number of carbonyl (C=O) groups is 1. The topological polar surface area (TPSA) is 85.2 Å². The highest BCUT2D eigenvalue weighted by molar-refractivity contribution is 7.90. The number of fused-ring (bicyclic) bond motifs is 3. The number of rotatable bonds is 3. The number of hydrogen-bond acceptors (Lipinski definition) is 4. The lowest BCUT2D eigenvalue weighted by atomic mass is 9.98. The minimum absolute atomic E-state index is 0.0498. The number of carbonyl (C=O) groups excluding carboxylic acids is 1. The van der Waals surface area contributed by atoms with Crippen molar-refractivity contribution < 1.29 is 13.2 Å². The highest BCUT2D eigenvalue weighted by Gasteiger charge is 2.21. The molecule has 0 radical (unpaired) electrons. The summed E-state index contributed by atoms with van der Waals surface area (Å²) in [6.07, 6.45) is 1.80. The first kappa shape index (κ1) is 16.4. The molecule has 0 bridgehead atoms. The first-order valence-electron chi connectivity index (χ1n) is 7.62.